The van der Waals surface area contributed by atoms with E-state index in [4.69, 9.17) is 4.74 Å². The number of rotatable bonds is 4. The van der Waals surface area contributed by atoms with Crippen LogP contribution < -0.4 is 15.4 Å². The molecule has 0 bridgehead atoms. The Kier molecular flexibility index (Phi) is 4.20. The topological polar surface area (TPSA) is 50.4 Å². The van der Waals surface area contributed by atoms with Gasteiger partial charge in [0.15, 0.2) is 0 Å². The zero-order valence-corrected chi connectivity index (χ0v) is 10.9. The van der Waals surface area contributed by atoms with E-state index in [9.17, 15) is 4.79 Å². The summed E-state index contributed by atoms with van der Waals surface area (Å²) < 4.78 is 5.36. The summed E-state index contributed by atoms with van der Waals surface area (Å²) in [6.07, 6.45) is 1.50. The van der Waals surface area contributed by atoms with Crippen LogP contribution in [0.25, 0.3) is 0 Å². The van der Waals surface area contributed by atoms with Crippen LogP contribution >= 0.6 is 0 Å². The summed E-state index contributed by atoms with van der Waals surface area (Å²) in [7, 11) is 1.69. The van der Waals surface area contributed by atoms with Gasteiger partial charge < -0.3 is 15.4 Å². The van der Waals surface area contributed by atoms with Gasteiger partial charge in [0, 0.05) is 30.6 Å². The van der Waals surface area contributed by atoms with Gasteiger partial charge in [-0.05, 0) is 19.4 Å². The Bertz CT molecular complexity index is 410. The normalized spacial score (nSPS) is 21.2. The Balaban J connectivity index is 1.98. The van der Waals surface area contributed by atoms with Crippen molar-refractivity contribution in [2.75, 3.05) is 13.7 Å². The summed E-state index contributed by atoms with van der Waals surface area (Å²) in [4.78, 5) is 11.1. The lowest BCUT2D eigenvalue weighted by Crippen LogP contribution is -2.46. The highest BCUT2D eigenvalue weighted by molar-refractivity contribution is 5.76. The van der Waals surface area contributed by atoms with Gasteiger partial charge >= 0.3 is 0 Å². The quantitative estimate of drug-likeness (QED) is 0.851. The third-order valence-electron chi connectivity index (χ3n) is 3.36. The third kappa shape index (κ3) is 3.01. The van der Waals surface area contributed by atoms with Gasteiger partial charge in [-0.25, -0.2) is 0 Å². The Morgan fingerprint density at radius 3 is 2.89 bits per heavy atom. The molecule has 0 spiro atoms. The van der Waals surface area contributed by atoms with E-state index in [2.05, 4.69) is 23.6 Å². The molecule has 4 heteroatoms. The smallest absolute Gasteiger partial charge is 0.220 e. The third-order valence-corrected chi connectivity index (χ3v) is 3.36. The zero-order valence-electron chi connectivity index (χ0n) is 10.9. The largest absolute Gasteiger partial charge is 0.496 e. The molecule has 1 fully saturated rings. The molecular formula is C14H20N2O2. The predicted octanol–water partition coefficient (Wildman–Crippen LogP) is 1.62. The van der Waals surface area contributed by atoms with Gasteiger partial charge in [-0.2, -0.15) is 0 Å². The van der Waals surface area contributed by atoms with Crippen LogP contribution in [0.3, 0.4) is 0 Å². The van der Waals surface area contributed by atoms with Gasteiger partial charge in [0.05, 0.1) is 7.11 Å². The average molecular weight is 248 g/mol. The summed E-state index contributed by atoms with van der Waals surface area (Å²) in [5, 5.41) is 6.42. The molecule has 98 valence electrons. The standard InChI is InChI=1S/C14H20N2O2/c1-10(12-5-3-4-6-13(12)18-2)16-11-7-8-14(17)15-9-11/h3-6,10-11,16H,7-9H2,1-2H3,(H,15,17). The zero-order chi connectivity index (χ0) is 13.0. The lowest BCUT2D eigenvalue weighted by Gasteiger charge is -2.27. The maximum absolute atomic E-state index is 11.1. The summed E-state index contributed by atoms with van der Waals surface area (Å²) >= 11 is 0. The highest BCUT2D eigenvalue weighted by Gasteiger charge is 2.20. The van der Waals surface area contributed by atoms with Crippen LogP contribution in [0.4, 0.5) is 0 Å². The number of carbonyl (C=O) groups is 1. The fourth-order valence-electron chi connectivity index (χ4n) is 2.34. The van der Waals surface area contributed by atoms with Crippen molar-refractivity contribution in [1.29, 1.82) is 0 Å². The molecular weight excluding hydrogens is 228 g/mol. The summed E-state index contributed by atoms with van der Waals surface area (Å²) in [5.74, 6) is 1.05. The van der Waals surface area contributed by atoms with Crippen molar-refractivity contribution < 1.29 is 9.53 Å². The van der Waals surface area contributed by atoms with Gasteiger partial charge in [0.2, 0.25) is 5.91 Å². The Morgan fingerprint density at radius 2 is 2.22 bits per heavy atom. The number of hydrogen-bond acceptors (Lipinski definition) is 3. The molecule has 2 N–H and O–H groups in total. The summed E-state index contributed by atoms with van der Waals surface area (Å²) in [5.41, 5.74) is 1.15. The SMILES string of the molecule is COc1ccccc1C(C)NC1CCC(=O)NC1. The van der Waals surface area contributed by atoms with Crippen LogP contribution in [0.5, 0.6) is 5.75 Å². The first kappa shape index (κ1) is 12.9. The minimum absolute atomic E-state index is 0.151. The van der Waals surface area contributed by atoms with E-state index in [1.54, 1.807) is 7.11 Å². The van der Waals surface area contributed by atoms with E-state index >= 15 is 0 Å². The highest BCUT2D eigenvalue weighted by atomic mass is 16.5. The molecule has 0 aliphatic carbocycles. The van der Waals surface area contributed by atoms with Gasteiger partial charge in [-0.3, -0.25) is 4.79 Å². The number of ether oxygens (including phenoxy) is 1. The monoisotopic (exact) mass is 248 g/mol. The van der Waals surface area contributed by atoms with E-state index in [0.29, 0.717) is 19.0 Å². The minimum Gasteiger partial charge on any atom is -0.496 e. The van der Waals surface area contributed by atoms with Crippen molar-refractivity contribution in [3.63, 3.8) is 0 Å². The first-order chi connectivity index (χ1) is 8.70. The second-order valence-electron chi connectivity index (χ2n) is 4.67. The van der Waals surface area contributed by atoms with Gasteiger partial charge in [0.25, 0.3) is 0 Å². The molecule has 2 unspecified atom stereocenters. The Morgan fingerprint density at radius 1 is 1.44 bits per heavy atom. The molecule has 0 aromatic heterocycles. The Labute approximate surface area is 108 Å². The number of para-hydroxylation sites is 1. The van der Waals surface area contributed by atoms with Crippen LogP contribution in [0.1, 0.15) is 31.4 Å². The molecule has 18 heavy (non-hydrogen) atoms. The summed E-state index contributed by atoms with van der Waals surface area (Å²) in [6, 6.07) is 8.56. The number of methoxy groups -OCH3 is 1. The Hall–Kier alpha value is -1.55. The molecule has 1 aromatic carbocycles. The van der Waals surface area contributed by atoms with Gasteiger partial charge in [0.1, 0.15) is 5.75 Å². The van der Waals surface area contributed by atoms with E-state index in [1.807, 2.05) is 18.2 Å². The van der Waals surface area contributed by atoms with Crippen LogP contribution in [-0.2, 0) is 4.79 Å². The van der Waals surface area contributed by atoms with Crippen molar-refractivity contribution >= 4 is 5.91 Å². The maximum Gasteiger partial charge on any atom is 0.220 e. The molecule has 2 atom stereocenters. The van der Waals surface area contributed by atoms with Crippen LogP contribution in [0.15, 0.2) is 24.3 Å². The van der Waals surface area contributed by atoms with E-state index in [-0.39, 0.29) is 11.9 Å². The molecule has 1 aromatic rings. The second-order valence-corrected chi connectivity index (χ2v) is 4.67. The molecule has 1 amide bonds. The molecule has 0 saturated carbocycles. The van der Waals surface area contributed by atoms with Gasteiger partial charge in [-0.15, -0.1) is 0 Å². The fraction of sp³-hybridized carbons (Fsp3) is 0.500. The second kappa shape index (κ2) is 5.87. The van der Waals surface area contributed by atoms with Crippen molar-refractivity contribution in [2.24, 2.45) is 0 Å². The van der Waals surface area contributed by atoms with Crippen molar-refractivity contribution in [3.8, 4) is 5.75 Å². The van der Waals surface area contributed by atoms with Crippen molar-refractivity contribution in [3.05, 3.63) is 29.8 Å². The van der Waals surface area contributed by atoms with E-state index in [1.165, 1.54) is 0 Å². The number of nitrogens with one attached hydrogen (secondary N) is 2. The van der Waals surface area contributed by atoms with E-state index < -0.39 is 0 Å². The first-order valence-electron chi connectivity index (χ1n) is 6.36. The minimum atomic E-state index is 0.151. The van der Waals surface area contributed by atoms with Gasteiger partial charge in [-0.1, -0.05) is 18.2 Å². The molecule has 1 aliphatic rings. The lowest BCUT2D eigenvalue weighted by molar-refractivity contribution is -0.122. The van der Waals surface area contributed by atoms with Crippen LogP contribution in [0.2, 0.25) is 0 Å². The predicted molar refractivity (Wildman–Crippen MR) is 70.6 cm³/mol. The molecule has 1 aliphatic heterocycles. The van der Waals surface area contributed by atoms with E-state index in [0.717, 1.165) is 17.7 Å². The number of carbonyl (C=O) groups excluding carboxylic acids is 1. The molecule has 1 saturated heterocycles. The number of hydrogen-bond donors (Lipinski definition) is 2. The first-order valence-corrected chi connectivity index (χ1v) is 6.36. The van der Waals surface area contributed by atoms with Crippen molar-refractivity contribution in [2.45, 2.75) is 31.8 Å². The molecule has 1 heterocycles. The number of piperidine rings is 1. The lowest BCUT2D eigenvalue weighted by atomic mass is 10.0. The molecule has 4 nitrogen and oxygen atoms in total. The number of amides is 1. The van der Waals surface area contributed by atoms with Crippen molar-refractivity contribution in [1.82, 2.24) is 10.6 Å². The fourth-order valence-corrected chi connectivity index (χ4v) is 2.34. The summed E-state index contributed by atoms with van der Waals surface area (Å²) in [6.45, 7) is 2.83. The number of benzene rings is 1. The highest BCUT2D eigenvalue weighted by Crippen LogP contribution is 2.25. The van der Waals surface area contributed by atoms with Crippen LogP contribution in [-0.4, -0.2) is 25.6 Å². The maximum atomic E-state index is 11.1. The average Bonchev–Trinajstić information content (AvgIpc) is 2.41. The molecule has 0 radical (unpaired) electrons. The molecule has 2 rings (SSSR count). The van der Waals surface area contributed by atoms with Crippen LogP contribution in [0, 0.1) is 0 Å².